The molecular formula is C18H17ClN4O3. The van der Waals surface area contributed by atoms with Crippen LogP contribution in [0.25, 0.3) is 11.0 Å². The van der Waals surface area contributed by atoms with E-state index in [4.69, 9.17) is 16.7 Å². The molecule has 1 atom stereocenters. The van der Waals surface area contributed by atoms with Crippen LogP contribution in [-0.2, 0) is 11.2 Å². The van der Waals surface area contributed by atoms with E-state index in [9.17, 15) is 9.59 Å². The number of carboxylic acids is 1. The van der Waals surface area contributed by atoms with Crippen molar-refractivity contribution in [3.63, 3.8) is 0 Å². The van der Waals surface area contributed by atoms with Gasteiger partial charge < -0.3 is 10.4 Å². The van der Waals surface area contributed by atoms with Crippen LogP contribution in [0.2, 0.25) is 5.02 Å². The lowest BCUT2D eigenvalue weighted by molar-refractivity contribution is -0.137. The molecule has 7 nitrogen and oxygen atoms in total. The number of halogens is 1. The van der Waals surface area contributed by atoms with Gasteiger partial charge in [-0.15, -0.1) is 5.10 Å². The van der Waals surface area contributed by atoms with Crippen LogP contribution >= 0.6 is 11.6 Å². The zero-order valence-corrected chi connectivity index (χ0v) is 14.7. The van der Waals surface area contributed by atoms with Crippen molar-refractivity contribution < 1.29 is 14.7 Å². The molecule has 0 bridgehead atoms. The molecule has 1 amide bonds. The maximum atomic E-state index is 12.6. The molecule has 3 rings (SSSR count). The van der Waals surface area contributed by atoms with Gasteiger partial charge in [-0.3, -0.25) is 14.7 Å². The third-order valence-electron chi connectivity index (χ3n) is 4.06. The molecule has 0 aliphatic heterocycles. The van der Waals surface area contributed by atoms with Gasteiger partial charge in [0.1, 0.15) is 5.52 Å². The number of amides is 1. The van der Waals surface area contributed by atoms with Gasteiger partial charge in [-0.1, -0.05) is 35.0 Å². The zero-order valence-electron chi connectivity index (χ0n) is 14.0. The van der Waals surface area contributed by atoms with Gasteiger partial charge in [0.2, 0.25) is 0 Å². The highest BCUT2D eigenvalue weighted by Gasteiger charge is 2.19. The van der Waals surface area contributed by atoms with Crippen LogP contribution in [-0.4, -0.2) is 38.4 Å². The van der Waals surface area contributed by atoms with Gasteiger partial charge in [0.15, 0.2) is 0 Å². The lowest BCUT2D eigenvalue weighted by Crippen LogP contribution is -2.38. The molecule has 0 aliphatic rings. The summed E-state index contributed by atoms with van der Waals surface area (Å²) in [4.78, 5) is 23.8. The fourth-order valence-corrected chi connectivity index (χ4v) is 3.05. The van der Waals surface area contributed by atoms with Crippen LogP contribution in [0, 0.1) is 6.92 Å². The average molecular weight is 373 g/mol. The van der Waals surface area contributed by atoms with Crippen molar-refractivity contribution in [2.24, 2.45) is 0 Å². The van der Waals surface area contributed by atoms with E-state index in [0.717, 1.165) is 11.1 Å². The monoisotopic (exact) mass is 372 g/mol. The molecule has 0 radical (unpaired) electrons. The first kappa shape index (κ1) is 17.9. The van der Waals surface area contributed by atoms with Crippen molar-refractivity contribution in [1.29, 1.82) is 0 Å². The molecule has 0 saturated heterocycles. The molecule has 0 fully saturated rings. The summed E-state index contributed by atoms with van der Waals surface area (Å²) in [6, 6.07) is 9.93. The van der Waals surface area contributed by atoms with Crippen LogP contribution in [0.5, 0.6) is 0 Å². The molecule has 1 aromatic heterocycles. The summed E-state index contributed by atoms with van der Waals surface area (Å²) < 4.78 is 0. The number of carboxylic acid groups (broad SMARTS) is 1. The minimum absolute atomic E-state index is 0.205. The smallest absolute Gasteiger partial charge is 0.305 e. The normalized spacial score (nSPS) is 12.1. The Balaban J connectivity index is 1.81. The Hall–Kier alpha value is -2.93. The van der Waals surface area contributed by atoms with Crippen LogP contribution in [0.4, 0.5) is 0 Å². The van der Waals surface area contributed by atoms with Gasteiger partial charge in [-0.2, -0.15) is 0 Å². The first-order chi connectivity index (χ1) is 12.4. The standard InChI is InChI=1S/C18H17ClN4O3/c1-10-6-12(8-15-17(10)22-23-21-15)18(26)20-13(9-16(24)25)7-11-4-2-3-5-14(11)19/h2-6,8,13H,7,9H2,1H3,(H,20,26)(H,24,25)(H,21,22,23). The van der Waals surface area contributed by atoms with E-state index in [2.05, 4.69) is 20.7 Å². The SMILES string of the molecule is Cc1cc(C(=O)NC(CC(=O)O)Cc2ccccc2Cl)cc2[nH]nnc12. The summed E-state index contributed by atoms with van der Waals surface area (Å²) in [6.45, 7) is 1.83. The number of hydrogen-bond acceptors (Lipinski definition) is 4. The van der Waals surface area contributed by atoms with E-state index in [1.807, 2.05) is 19.1 Å². The second-order valence-corrected chi connectivity index (χ2v) is 6.47. The summed E-state index contributed by atoms with van der Waals surface area (Å²) in [5.41, 5.74) is 3.35. The van der Waals surface area contributed by atoms with Crippen molar-refractivity contribution in [3.05, 3.63) is 58.1 Å². The second-order valence-electron chi connectivity index (χ2n) is 6.06. The van der Waals surface area contributed by atoms with E-state index in [1.54, 1.807) is 24.3 Å². The number of nitrogens with zero attached hydrogens (tertiary/aromatic N) is 2. The van der Waals surface area contributed by atoms with Crippen molar-refractivity contribution in [1.82, 2.24) is 20.7 Å². The summed E-state index contributed by atoms with van der Waals surface area (Å²) >= 11 is 6.15. The van der Waals surface area contributed by atoms with E-state index in [0.29, 0.717) is 28.0 Å². The van der Waals surface area contributed by atoms with Crippen molar-refractivity contribution in [3.8, 4) is 0 Å². The number of aryl methyl sites for hydroxylation is 1. The lowest BCUT2D eigenvalue weighted by Gasteiger charge is -2.18. The van der Waals surface area contributed by atoms with Gasteiger partial charge in [-0.25, -0.2) is 0 Å². The largest absolute Gasteiger partial charge is 0.481 e. The minimum atomic E-state index is -0.994. The van der Waals surface area contributed by atoms with Crippen molar-refractivity contribution in [2.45, 2.75) is 25.8 Å². The van der Waals surface area contributed by atoms with Gasteiger partial charge in [-0.05, 0) is 42.7 Å². The van der Waals surface area contributed by atoms with Gasteiger partial charge in [0.25, 0.3) is 5.91 Å². The molecule has 1 heterocycles. The number of aliphatic carboxylic acids is 1. The maximum absolute atomic E-state index is 12.6. The molecule has 3 aromatic rings. The summed E-state index contributed by atoms with van der Waals surface area (Å²) in [6.07, 6.45) is 0.119. The molecule has 26 heavy (non-hydrogen) atoms. The Bertz CT molecular complexity index is 970. The number of aromatic amines is 1. The molecule has 0 saturated carbocycles. The first-order valence-electron chi connectivity index (χ1n) is 8.01. The van der Waals surface area contributed by atoms with Crippen LogP contribution < -0.4 is 5.32 Å². The number of fused-ring (bicyclic) bond motifs is 1. The Labute approximate surface area is 154 Å². The third-order valence-corrected chi connectivity index (χ3v) is 4.43. The molecular weight excluding hydrogens is 356 g/mol. The number of carbonyl (C=O) groups is 2. The number of H-pyrrole nitrogens is 1. The lowest BCUT2D eigenvalue weighted by atomic mass is 10.0. The summed E-state index contributed by atoms with van der Waals surface area (Å²) in [7, 11) is 0. The summed E-state index contributed by atoms with van der Waals surface area (Å²) in [5.74, 6) is -1.35. The van der Waals surface area contributed by atoms with Crippen molar-refractivity contribution >= 4 is 34.5 Å². The van der Waals surface area contributed by atoms with Crippen LogP contribution in [0.1, 0.15) is 27.9 Å². The highest BCUT2D eigenvalue weighted by molar-refractivity contribution is 6.31. The van der Waals surface area contributed by atoms with Gasteiger partial charge in [0.05, 0.1) is 11.9 Å². The number of rotatable bonds is 6. The highest BCUT2D eigenvalue weighted by Crippen LogP contribution is 2.19. The number of nitrogens with one attached hydrogen (secondary N) is 2. The van der Waals surface area contributed by atoms with E-state index in [-0.39, 0.29) is 12.3 Å². The van der Waals surface area contributed by atoms with Crippen LogP contribution in [0.3, 0.4) is 0 Å². The third kappa shape index (κ3) is 4.00. The summed E-state index contributed by atoms with van der Waals surface area (Å²) in [5, 5.41) is 22.9. The zero-order chi connectivity index (χ0) is 18.7. The molecule has 134 valence electrons. The van der Waals surface area contributed by atoms with Gasteiger partial charge >= 0.3 is 5.97 Å². The molecule has 0 spiro atoms. The molecule has 0 aliphatic carbocycles. The number of carbonyl (C=O) groups excluding carboxylic acids is 1. The number of hydrogen-bond donors (Lipinski definition) is 3. The Morgan fingerprint density at radius 3 is 2.81 bits per heavy atom. The predicted molar refractivity (Wildman–Crippen MR) is 97.3 cm³/mol. The maximum Gasteiger partial charge on any atom is 0.305 e. The topological polar surface area (TPSA) is 108 Å². The Kier molecular flexibility index (Phi) is 5.18. The van der Waals surface area contributed by atoms with E-state index in [1.165, 1.54) is 0 Å². The second kappa shape index (κ2) is 7.53. The molecule has 8 heteroatoms. The minimum Gasteiger partial charge on any atom is -0.481 e. The van der Waals surface area contributed by atoms with E-state index < -0.39 is 12.0 Å². The van der Waals surface area contributed by atoms with Crippen molar-refractivity contribution in [2.75, 3.05) is 0 Å². The quantitative estimate of drug-likeness (QED) is 0.616. The number of aromatic nitrogens is 3. The van der Waals surface area contributed by atoms with Gasteiger partial charge in [0, 0.05) is 16.6 Å². The molecule has 1 unspecified atom stereocenters. The molecule has 2 aromatic carbocycles. The fourth-order valence-electron chi connectivity index (χ4n) is 2.84. The first-order valence-corrected chi connectivity index (χ1v) is 8.39. The average Bonchev–Trinajstić information content (AvgIpc) is 3.05. The number of benzene rings is 2. The van der Waals surface area contributed by atoms with Crippen LogP contribution in [0.15, 0.2) is 36.4 Å². The Morgan fingerprint density at radius 1 is 1.31 bits per heavy atom. The predicted octanol–water partition coefficient (Wildman–Crippen LogP) is 2.74. The highest BCUT2D eigenvalue weighted by atomic mass is 35.5. The van der Waals surface area contributed by atoms with E-state index >= 15 is 0 Å². The Morgan fingerprint density at radius 2 is 2.08 bits per heavy atom. The fraction of sp³-hybridized carbons (Fsp3) is 0.222. The molecule has 3 N–H and O–H groups in total.